The highest BCUT2D eigenvalue weighted by atomic mass is 19.1. The van der Waals surface area contributed by atoms with Gasteiger partial charge in [-0.05, 0) is 24.1 Å². The number of nitrogens with one attached hydrogen (secondary N) is 1. The van der Waals surface area contributed by atoms with Gasteiger partial charge in [-0.2, -0.15) is 0 Å². The van der Waals surface area contributed by atoms with Gasteiger partial charge in [0, 0.05) is 18.2 Å². The molecule has 1 aromatic carbocycles. The molecule has 3 N–H and O–H groups in total. The normalized spacial score (nSPS) is 10.5. The third-order valence-corrected chi connectivity index (χ3v) is 2.76. The number of nitrogen functional groups attached to an aromatic ring is 1. The summed E-state index contributed by atoms with van der Waals surface area (Å²) in [6.07, 6.45) is 2.46. The summed E-state index contributed by atoms with van der Waals surface area (Å²) in [5.74, 6) is 6.46. The second kappa shape index (κ2) is 6.24. The maximum absolute atomic E-state index is 12.9. The smallest absolute Gasteiger partial charge is 0.143 e. The lowest BCUT2D eigenvalue weighted by Gasteiger charge is -2.07. The highest BCUT2D eigenvalue weighted by Crippen LogP contribution is 2.12. The second-order valence-electron chi connectivity index (χ2n) is 4.36. The molecule has 0 radical (unpaired) electrons. The zero-order valence-electron chi connectivity index (χ0n) is 10.9. The highest BCUT2D eigenvalue weighted by molar-refractivity contribution is 5.35. The van der Waals surface area contributed by atoms with Crippen molar-refractivity contribution in [3.8, 4) is 0 Å². The van der Waals surface area contributed by atoms with E-state index in [9.17, 15) is 4.39 Å². The minimum Gasteiger partial charge on any atom is -0.308 e. The van der Waals surface area contributed by atoms with Crippen molar-refractivity contribution in [3.63, 3.8) is 0 Å². The van der Waals surface area contributed by atoms with Crippen molar-refractivity contribution in [1.29, 1.82) is 0 Å². The molecule has 100 valence electrons. The van der Waals surface area contributed by atoms with Gasteiger partial charge in [0.25, 0.3) is 0 Å². The Labute approximate surface area is 111 Å². The van der Waals surface area contributed by atoms with Crippen LogP contribution >= 0.6 is 0 Å². The van der Waals surface area contributed by atoms with Crippen molar-refractivity contribution >= 4 is 5.82 Å². The molecule has 0 unspecified atom stereocenters. The van der Waals surface area contributed by atoms with E-state index in [2.05, 4.69) is 22.3 Å². The molecule has 0 spiro atoms. The summed E-state index contributed by atoms with van der Waals surface area (Å²) < 4.78 is 12.9. The van der Waals surface area contributed by atoms with Crippen molar-refractivity contribution in [3.05, 3.63) is 53.2 Å². The van der Waals surface area contributed by atoms with Gasteiger partial charge in [-0.15, -0.1) is 0 Å². The Morgan fingerprint density at radius 1 is 1.21 bits per heavy atom. The van der Waals surface area contributed by atoms with E-state index in [-0.39, 0.29) is 5.82 Å². The van der Waals surface area contributed by atoms with Crippen molar-refractivity contribution in [2.24, 2.45) is 5.84 Å². The Bertz CT molecular complexity index is 540. The van der Waals surface area contributed by atoms with Crippen LogP contribution in [-0.4, -0.2) is 9.97 Å². The largest absolute Gasteiger partial charge is 0.308 e. The maximum atomic E-state index is 12.9. The van der Waals surface area contributed by atoms with Crippen LogP contribution in [0.2, 0.25) is 0 Å². The summed E-state index contributed by atoms with van der Waals surface area (Å²) in [5.41, 5.74) is 4.48. The molecule has 0 fully saturated rings. The van der Waals surface area contributed by atoms with Gasteiger partial charge in [-0.1, -0.05) is 25.5 Å². The van der Waals surface area contributed by atoms with E-state index in [4.69, 9.17) is 5.84 Å². The van der Waals surface area contributed by atoms with Crippen molar-refractivity contribution in [2.75, 3.05) is 5.43 Å². The molecule has 5 heteroatoms. The SMILES string of the molecule is CCCc1cc(NN)nc(Cc2ccc(F)cc2)n1. The molecule has 0 aliphatic heterocycles. The van der Waals surface area contributed by atoms with Crippen LogP contribution in [0.25, 0.3) is 0 Å². The van der Waals surface area contributed by atoms with Gasteiger partial charge in [0.1, 0.15) is 17.5 Å². The molecule has 1 aromatic heterocycles. The number of hydrogen-bond donors (Lipinski definition) is 2. The van der Waals surface area contributed by atoms with Gasteiger partial charge in [0.2, 0.25) is 0 Å². The van der Waals surface area contributed by atoms with Crippen LogP contribution in [0.15, 0.2) is 30.3 Å². The van der Waals surface area contributed by atoms with E-state index in [0.717, 1.165) is 24.1 Å². The lowest BCUT2D eigenvalue weighted by atomic mass is 10.1. The van der Waals surface area contributed by atoms with E-state index in [1.165, 1.54) is 12.1 Å². The molecule has 0 saturated carbocycles. The molecule has 1 heterocycles. The van der Waals surface area contributed by atoms with E-state index >= 15 is 0 Å². The van der Waals surface area contributed by atoms with Gasteiger partial charge in [0.05, 0.1) is 0 Å². The van der Waals surface area contributed by atoms with Crippen molar-refractivity contribution in [1.82, 2.24) is 9.97 Å². The number of rotatable bonds is 5. The minimum absolute atomic E-state index is 0.242. The molecule has 0 saturated heterocycles. The first-order valence-electron chi connectivity index (χ1n) is 6.29. The summed E-state index contributed by atoms with van der Waals surface area (Å²) >= 11 is 0. The lowest BCUT2D eigenvalue weighted by molar-refractivity contribution is 0.627. The minimum atomic E-state index is -0.242. The van der Waals surface area contributed by atoms with Gasteiger partial charge in [0.15, 0.2) is 0 Å². The number of aryl methyl sites for hydroxylation is 1. The predicted molar refractivity (Wildman–Crippen MR) is 73.0 cm³/mol. The molecule has 0 aliphatic carbocycles. The Hall–Kier alpha value is -2.01. The van der Waals surface area contributed by atoms with Gasteiger partial charge in [-0.25, -0.2) is 20.2 Å². The third-order valence-electron chi connectivity index (χ3n) is 2.76. The fraction of sp³-hybridized carbons (Fsp3) is 0.286. The van der Waals surface area contributed by atoms with Crippen LogP contribution < -0.4 is 11.3 Å². The van der Waals surface area contributed by atoms with Crippen LogP contribution in [-0.2, 0) is 12.8 Å². The Morgan fingerprint density at radius 2 is 1.95 bits per heavy atom. The first-order chi connectivity index (χ1) is 9.21. The average molecular weight is 260 g/mol. The zero-order valence-corrected chi connectivity index (χ0v) is 10.9. The van der Waals surface area contributed by atoms with E-state index in [1.54, 1.807) is 12.1 Å². The Morgan fingerprint density at radius 3 is 2.58 bits per heavy atom. The lowest BCUT2D eigenvalue weighted by Crippen LogP contribution is -2.12. The predicted octanol–water partition coefficient (Wildman–Crippen LogP) is 2.44. The summed E-state index contributed by atoms with van der Waals surface area (Å²) in [6, 6.07) is 8.19. The summed E-state index contributed by atoms with van der Waals surface area (Å²) in [5, 5.41) is 0. The topological polar surface area (TPSA) is 63.8 Å². The first kappa shape index (κ1) is 13.4. The van der Waals surface area contributed by atoms with Crippen LogP contribution in [0, 0.1) is 5.82 Å². The zero-order chi connectivity index (χ0) is 13.7. The molecule has 19 heavy (non-hydrogen) atoms. The molecular formula is C14H17FN4. The molecule has 2 aromatic rings. The van der Waals surface area contributed by atoms with E-state index in [1.807, 2.05) is 6.07 Å². The summed E-state index contributed by atoms with van der Waals surface area (Å²) in [7, 11) is 0. The molecule has 0 aliphatic rings. The second-order valence-corrected chi connectivity index (χ2v) is 4.36. The Kier molecular flexibility index (Phi) is 4.41. The molecular weight excluding hydrogens is 243 g/mol. The number of hydrazine groups is 1. The van der Waals surface area contributed by atoms with Crippen LogP contribution in [0.5, 0.6) is 0 Å². The molecule has 0 bridgehead atoms. The average Bonchev–Trinajstić information content (AvgIpc) is 2.41. The molecule has 4 nitrogen and oxygen atoms in total. The Balaban J connectivity index is 2.23. The quantitative estimate of drug-likeness (QED) is 0.640. The number of aromatic nitrogens is 2. The molecule has 0 amide bonds. The van der Waals surface area contributed by atoms with Gasteiger partial charge in [-0.3, -0.25) is 0 Å². The standard InChI is InChI=1S/C14H17FN4/c1-2-3-12-9-14(19-16)18-13(17-12)8-10-4-6-11(15)7-5-10/h4-7,9H,2-3,8,16H2,1H3,(H,17,18,19). The summed E-state index contributed by atoms with van der Waals surface area (Å²) in [6.45, 7) is 2.09. The third kappa shape index (κ3) is 3.72. The van der Waals surface area contributed by atoms with Gasteiger partial charge < -0.3 is 5.43 Å². The van der Waals surface area contributed by atoms with E-state index < -0.39 is 0 Å². The highest BCUT2D eigenvalue weighted by Gasteiger charge is 2.05. The molecule has 0 atom stereocenters. The monoisotopic (exact) mass is 260 g/mol. The maximum Gasteiger partial charge on any atom is 0.143 e. The number of nitrogens with two attached hydrogens (primary N) is 1. The van der Waals surface area contributed by atoms with Crippen molar-refractivity contribution in [2.45, 2.75) is 26.2 Å². The van der Waals surface area contributed by atoms with Crippen LogP contribution in [0.4, 0.5) is 10.2 Å². The number of halogens is 1. The van der Waals surface area contributed by atoms with Crippen LogP contribution in [0.3, 0.4) is 0 Å². The number of nitrogens with zero attached hydrogens (tertiary/aromatic N) is 2. The number of hydrogen-bond acceptors (Lipinski definition) is 4. The fourth-order valence-corrected chi connectivity index (χ4v) is 1.87. The van der Waals surface area contributed by atoms with E-state index in [0.29, 0.717) is 18.1 Å². The fourth-order valence-electron chi connectivity index (χ4n) is 1.87. The summed E-state index contributed by atoms with van der Waals surface area (Å²) in [4.78, 5) is 8.80. The number of anilines is 1. The molecule has 2 rings (SSSR count). The van der Waals surface area contributed by atoms with Gasteiger partial charge >= 0.3 is 0 Å². The number of benzene rings is 1. The van der Waals surface area contributed by atoms with Crippen LogP contribution in [0.1, 0.15) is 30.4 Å². The first-order valence-corrected chi connectivity index (χ1v) is 6.29. The van der Waals surface area contributed by atoms with Crippen molar-refractivity contribution < 1.29 is 4.39 Å².